The van der Waals surface area contributed by atoms with Crippen LogP contribution in [-0.4, -0.2) is 9.97 Å². The molecule has 0 radical (unpaired) electrons. The Labute approximate surface area is 92.1 Å². The molecule has 15 heavy (non-hydrogen) atoms. The van der Waals surface area contributed by atoms with Crippen LogP contribution in [0.1, 0.15) is 11.3 Å². The van der Waals surface area contributed by atoms with E-state index in [9.17, 15) is 0 Å². The normalized spacial score (nSPS) is 9.87. The van der Waals surface area contributed by atoms with E-state index in [4.69, 9.17) is 5.26 Å². The zero-order valence-electron chi connectivity index (χ0n) is 8.27. The lowest BCUT2D eigenvalue weighted by atomic mass is 10.2. The van der Waals surface area contributed by atoms with E-state index in [1.54, 1.807) is 17.5 Å². The highest BCUT2D eigenvalue weighted by Gasteiger charge is 2.06. The third kappa shape index (κ3) is 2.03. The van der Waals surface area contributed by atoms with E-state index in [0.29, 0.717) is 6.42 Å². The van der Waals surface area contributed by atoms with Gasteiger partial charge in [-0.2, -0.15) is 5.26 Å². The van der Waals surface area contributed by atoms with Gasteiger partial charge < -0.3 is 0 Å². The van der Waals surface area contributed by atoms with Crippen molar-refractivity contribution in [1.82, 2.24) is 9.97 Å². The van der Waals surface area contributed by atoms with Crippen LogP contribution in [0, 0.1) is 18.3 Å². The summed E-state index contributed by atoms with van der Waals surface area (Å²) in [6.45, 7) is 2.03. The van der Waals surface area contributed by atoms with Crippen molar-refractivity contribution >= 4 is 11.3 Å². The Kier molecular flexibility index (Phi) is 2.75. The van der Waals surface area contributed by atoms with Gasteiger partial charge in [0.1, 0.15) is 5.01 Å². The van der Waals surface area contributed by atoms with Gasteiger partial charge in [-0.3, -0.25) is 4.98 Å². The first-order valence-electron chi connectivity index (χ1n) is 4.53. The van der Waals surface area contributed by atoms with E-state index in [2.05, 4.69) is 16.0 Å². The van der Waals surface area contributed by atoms with Gasteiger partial charge in [0, 0.05) is 23.3 Å². The molecule has 2 heterocycles. The summed E-state index contributed by atoms with van der Waals surface area (Å²) in [5.41, 5.74) is 3.04. The summed E-state index contributed by atoms with van der Waals surface area (Å²) in [5.74, 6) is 0. The van der Waals surface area contributed by atoms with Gasteiger partial charge in [0.2, 0.25) is 0 Å². The smallest absolute Gasteiger partial charge is 0.125 e. The Morgan fingerprint density at radius 1 is 1.53 bits per heavy atom. The maximum atomic E-state index is 8.56. The summed E-state index contributed by atoms with van der Waals surface area (Å²) in [5, 5.41) is 11.4. The number of hydrogen-bond acceptors (Lipinski definition) is 4. The highest BCUT2D eigenvalue weighted by molar-refractivity contribution is 7.13. The van der Waals surface area contributed by atoms with Crippen molar-refractivity contribution in [2.45, 2.75) is 13.3 Å². The molecule has 0 saturated carbocycles. The van der Waals surface area contributed by atoms with E-state index < -0.39 is 0 Å². The second kappa shape index (κ2) is 4.20. The monoisotopic (exact) mass is 215 g/mol. The highest BCUT2D eigenvalue weighted by atomic mass is 32.1. The number of nitriles is 1. The Balaban J connectivity index is 2.38. The van der Waals surface area contributed by atoms with Crippen LogP contribution in [0.5, 0.6) is 0 Å². The third-order valence-electron chi connectivity index (χ3n) is 2.08. The topological polar surface area (TPSA) is 49.6 Å². The standard InChI is InChI=1S/C11H9N3S/c1-8-3-5-13-6-10(8)11-14-9(2-4-12)7-15-11/h3,5-7H,2H2,1H3. The first kappa shape index (κ1) is 9.81. The molecule has 0 N–H and O–H groups in total. The van der Waals surface area contributed by atoms with Gasteiger partial charge in [-0.1, -0.05) is 0 Å². The fourth-order valence-corrected chi connectivity index (χ4v) is 2.18. The third-order valence-corrected chi connectivity index (χ3v) is 3.01. The van der Waals surface area contributed by atoms with Crippen molar-refractivity contribution in [3.8, 4) is 16.6 Å². The molecule has 0 atom stereocenters. The van der Waals surface area contributed by atoms with Gasteiger partial charge in [0.25, 0.3) is 0 Å². The number of hydrogen-bond donors (Lipinski definition) is 0. The predicted molar refractivity (Wildman–Crippen MR) is 59.4 cm³/mol. The largest absolute Gasteiger partial charge is 0.264 e. The molecule has 0 unspecified atom stereocenters. The number of aromatic nitrogens is 2. The average molecular weight is 215 g/mol. The number of thiazole rings is 1. The Bertz CT molecular complexity index is 511. The maximum Gasteiger partial charge on any atom is 0.125 e. The Hall–Kier alpha value is -1.73. The van der Waals surface area contributed by atoms with Crippen LogP contribution in [0.15, 0.2) is 23.8 Å². The summed E-state index contributed by atoms with van der Waals surface area (Å²) in [4.78, 5) is 8.47. The lowest BCUT2D eigenvalue weighted by Crippen LogP contribution is -1.85. The van der Waals surface area contributed by atoms with Crippen molar-refractivity contribution in [2.75, 3.05) is 0 Å². The van der Waals surface area contributed by atoms with Gasteiger partial charge in [0.15, 0.2) is 0 Å². The van der Waals surface area contributed by atoms with E-state index in [0.717, 1.165) is 21.8 Å². The lowest BCUT2D eigenvalue weighted by Gasteiger charge is -1.99. The molecule has 2 aromatic rings. The van der Waals surface area contributed by atoms with E-state index >= 15 is 0 Å². The van der Waals surface area contributed by atoms with Crippen LogP contribution in [0.25, 0.3) is 10.6 Å². The molecule has 2 rings (SSSR count). The SMILES string of the molecule is Cc1ccncc1-c1nc(CC#N)cs1. The molecule has 4 heteroatoms. The molecule has 0 amide bonds. The number of aryl methyl sites for hydroxylation is 1. The fourth-order valence-electron chi connectivity index (χ4n) is 1.28. The minimum atomic E-state index is 0.371. The number of nitrogens with zero attached hydrogens (tertiary/aromatic N) is 3. The molecule has 0 spiro atoms. The van der Waals surface area contributed by atoms with Crippen LogP contribution in [0.3, 0.4) is 0 Å². The highest BCUT2D eigenvalue weighted by Crippen LogP contribution is 2.25. The Morgan fingerprint density at radius 2 is 2.40 bits per heavy atom. The molecule has 0 bridgehead atoms. The van der Waals surface area contributed by atoms with E-state index in [-0.39, 0.29) is 0 Å². The zero-order valence-corrected chi connectivity index (χ0v) is 9.08. The minimum Gasteiger partial charge on any atom is -0.264 e. The van der Waals surface area contributed by atoms with Crippen molar-refractivity contribution < 1.29 is 0 Å². The Morgan fingerprint density at radius 3 is 3.13 bits per heavy atom. The summed E-state index contributed by atoms with van der Waals surface area (Å²) >= 11 is 1.55. The molecule has 0 fully saturated rings. The number of pyridine rings is 1. The van der Waals surface area contributed by atoms with Crippen molar-refractivity contribution in [3.05, 3.63) is 35.1 Å². The van der Waals surface area contributed by atoms with Gasteiger partial charge in [0.05, 0.1) is 18.2 Å². The summed E-state index contributed by atoms with van der Waals surface area (Å²) in [6.07, 6.45) is 3.95. The molecule has 0 aliphatic heterocycles. The molecule has 0 aliphatic carbocycles. The quantitative estimate of drug-likeness (QED) is 0.773. The molecular weight excluding hydrogens is 206 g/mol. The summed E-state index contributed by atoms with van der Waals surface area (Å²) in [6, 6.07) is 4.05. The van der Waals surface area contributed by atoms with Crippen molar-refractivity contribution in [2.24, 2.45) is 0 Å². The van der Waals surface area contributed by atoms with Crippen LogP contribution in [0.4, 0.5) is 0 Å². The second-order valence-corrected chi connectivity index (χ2v) is 4.03. The maximum absolute atomic E-state index is 8.56. The van der Waals surface area contributed by atoms with Crippen LogP contribution in [-0.2, 0) is 6.42 Å². The first-order valence-corrected chi connectivity index (χ1v) is 5.41. The summed E-state index contributed by atoms with van der Waals surface area (Å²) < 4.78 is 0. The summed E-state index contributed by atoms with van der Waals surface area (Å²) in [7, 11) is 0. The van der Waals surface area contributed by atoms with Crippen molar-refractivity contribution in [1.29, 1.82) is 5.26 Å². The van der Waals surface area contributed by atoms with Crippen molar-refractivity contribution in [3.63, 3.8) is 0 Å². The first-order chi connectivity index (χ1) is 7.31. The van der Waals surface area contributed by atoms with Crippen LogP contribution >= 0.6 is 11.3 Å². The molecule has 74 valence electrons. The van der Waals surface area contributed by atoms with Crippen LogP contribution < -0.4 is 0 Å². The molecular formula is C11H9N3S. The fraction of sp³-hybridized carbons (Fsp3) is 0.182. The molecule has 3 nitrogen and oxygen atoms in total. The lowest BCUT2D eigenvalue weighted by molar-refractivity contribution is 1.15. The average Bonchev–Trinajstić information content (AvgIpc) is 2.68. The predicted octanol–water partition coefficient (Wildman–Crippen LogP) is 2.58. The molecule has 0 saturated heterocycles. The molecule has 0 aromatic carbocycles. The minimum absolute atomic E-state index is 0.371. The molecule has 2 aromatic heterocycles. The number of rotatable bonds is 2. The van der Waals surface area contributed by atoms with E-state index in [1.165, 1.54) is 0 Å². The van der Waals surface area contributed by atoms with Crippen LogP contribution in [0.2, 0.25) is 0 Å². The van der Waals surface area contributed by atoms with Gasteiger partial charge in [-0.25, -0.2) is 4.98 Å². The molecule has 0 aliphatic rings. The van der Waals surface area contributed by atoms with Gasteiger partial charge in [-0.05, 0) is 18.6 Å². The zero-order chi connectivity index (χ0) is 10.7. The second-order valence-electron chi connectivity index (χ2n) is 3.17. The van der Waals surface area contributed by atoms with Gasteiger partial charge in [-0.15, -0.1) is 11.3 Å². The van der Waals surface area contributed by atoms with E-state index in [1.807, 2.05) is 24.6 Å². The van der Waals surface area contributed by atoms with Gasteiger partial charge >= 0.3 is 0 Å².